The van der Waals surface area contributed by atoms with Crippen molar-refractivity contribution in [3.05, 3.63) is 29.3 Å². The zero-order valence-corrected chi connectivity index (χ0v) is 8.92. The van der Waals surface area contributed by atoms with Gasteiger partial charge < -0.3 is 9.84 Å². The monoisotopic (exact) mass is 194 g/mol. The predicted molar refractivity (Wildman–Crippen MR) is 57.5 cm³/mol. The summed E-state index contributed by atoms with van der Waals surface area (Å²) in [6, 6.07) is 5.83. The molecule has 0 spiro atoms. The highest BCUT2D eigenvalue weighted by Gasteiger charge is 2.06. The maximum Gasteiger partial charge on any atom is 0.122 e. The Bertz CT molecular complexity index is 282. The van der Waals surface area contributed by atoms with E-state index < -0.39 is 0 Å². The first-order chi connectivity index (χ1) is 6.83. The largest absolute Gasteiger partial charge is 0.493 e. The molecule has 2 nitrogen and oxygen atoms in total. The molecule has 0 fully saturated rings. The van der Waals surface area contributed by atoms with Gasteiger partial charge in [-0.2, -0.15) is 0 Å². The normalized spacial score (nSPS) is 10.2. The van der Waals surface area contributed by atoms with Gasteiger partial charge in [0.25, 0.3) is 0 Å². The van der Waals surface area contributed by atoms with E-state index in [-0.39, 0.29) is 6.61 Å². The molecule has 0 aliphatic heterocycles. The maximum absolute atomic E-state index is 9.14. The second kappa shape index (κ2) is 5.66. The maximum atomic E-state index is 9.14. The topological polar surface area (TPSA) is 29.5 Å². The highest BCUT2D eigenvalue weighted by atomic mass is 16.5. The number of benzene rings is 1. The fraction of sp³-hybridized carbons (Fsp3) is 0.500. The van der Waals surface area contributed by atoms with Crippen molar-refractivity contribution in [2.24, 2.45) is 0 Å². The van der Waals surface area contributed by atoms with Crippen LogP contribution in [0.2, 0.25) is 0 Å². The van der Waals surface area contributed by atoms with Crippen molar-refractivity contribution < 1.29 is 9.84 Å². The van der Waals surface area contributed by atoms with E-state index in [4.69, 9.17) is 9.84 Å². The Morgan fingerprint density at radius 1 is 1.29 bits per heavy atom. The molecule has 14 heavy (non-hydrogen) atoms. The van der Waals surface area contributed by atoms with Crippen LogP contribution in [-0.2, 0) is 13.0 Å². The molecule has 1 aromatic carbocycles. The summed E-state index contributed by atoms with van der Waals surface area (Å²) >= 11 is 0. The zero-order chi connectivity index (χ0) is 10.4. The van der Waals surface area contributed by atoms with Gasteiger partial charge in [0.2, 0.25) is 0 Å². The van der Waals surface area contributed by atoms with Crippen molar-refractivity contribution in [3.63, 3.8) is 0 Å². The van der Waals surface area contributed by atoms with Crippen LogP contribution in [0.4, 0.5) is 0 Å². The van der Waals surface area contributed by atoms with E-state index in [1.54, 1.807) is 0 Å². The number of rotatable bonds is 5. The summed E-state index contributed by atoms with van der Waals surface area (Å²) in [5, 5.41) is 9.14. The van der Waals surface area contributed by atoms with Crippen LogP contribution in [0.25, 0.3) is 0 Å². The number of ether oxygens (including phenoxy) is 1. The van der Waals surface area contributed by atoms with Crippen molar-refractivity contribution >= 4 is 0 Å². The minimum Gasteiger partial charge on any atom is -0.493 e. The molecule has 78 valence electrons. The van der Waals surface area contributed by atoms with Crippen LogP contribution in [0, 0.1) is 0 Å². The van der Waals surface area contributed by atoms with Gasteiger partial charge in [-0.3, -0.25) is 0 Å². The van der Waals surface area contributed by atoms with Gasteiger partial charge in [0.05, 0.1) is 13.2 Å². The average Bonchev–Trinajstić information content (AvgIpc) is 2.25. The molecule has 0 saturated heterocycles. The van der Waals surface area contributed by atoms with E-state index in [2.05, 4.69) is 13.8 Å². The van der Waals surface area contributed by atoms with Gasteiger partial charge in [-0.1, -0.05) is 26.0 Å². The van der Waals surface area contributed by atoms with E-state index in [0.717, 1.165) is 36.3 Å². The van der Waals surface area contributed by atoms with Gasteiger partial charge in [0.1, 0.15) is 5.75 Å². The standard InChI is InChI=1S/C12H18O2/c1-3-8-14-12-7-5-6-10(9-13)11(12)4-2/h5-7,13H,3-4,8-9H2,1-2H3. The molecule has 0 saturated carbocycles. The van der Waals surface area contributed by atoms with Gasteiger partial charge in [0.15, 0.2) is 0 Å². The Labute approximate surface area is 85.5 Å². The third kappa shape index (κ3) is 2.48. The fourth-order valence-electron chi connectivity index (χ4n) is 1.51. The van der Waals surface area contributed by atoms with Crippen molar-refractivity contribution in [3.8, 4) is 5.75 Å². The van der Waals surface area contributed by atoms with Crippen LogP contribution in [0.3, 0.4) is 0 Å². The first-order valence-corrected chi connectivity index (χ1v) is 5.17. The van der Waals surface area contributed by atoms with Crippen LogP contribution in [0.15, 0.2) is 18.2 Å². The van der Waals surface area contributed by atoms with Crippen molar-refractivity contribution in [2.75, 3.05) is 6.61 Å². The Morgan fingerprint density at radius 3 is 2.64 bits per heavy atom. The molecule has 1 rings (SSSR count). The molecule has 1 N–H and O–H groups in total. The fourth-order valence-corrected chi connectivity index (χ4v) is 1.51. The van der Waals surface area contributed by atoms with E-state index in [1.165, 1.54) is 0 Å². The number of aliphatic hydroxyl groups is 1. The summed E-state index contributed by atoms with van der Waals surface area (Å²) in [4.78, 5) is 0. The Hall–Kier alpha value is -1.02. The molecule has 0 atom stereocenters. The molecule has 0 bridgehead atoms. The molecule has 0 unspecified atom stereocenters. The molecule has 0 heterocycles. The quantitative estimate of drug-likeness (QED) is 0.780. The molecular formula is C12H18O2. The van der Waals surface area contributed by atoms with Crippen LogP contribution < -0.4 is 4.74 Å². The third-order valence-corrected chi connectivity index (χ3v) is 2.22. The summed E-state index contributed by atoms with van der Waals surface area (Å²) in [5.74, 6) is 0.918. The highest BCUT2D eigenvalue weighted by molar-refractivity contribution is 5.39. The van der Waals surface area contributed by atoms with E-state index in [0.29, 0.717) is 0 Å². The first kappa shape index (κ1) is 11.1. The Kier molecular flexibility index (Phi) is 4.47. The molecule has 0 aromatic heterocycles. The lowest BCUT2D eigenvalue weighted by Crippen LogP contribution is -2.01. The SMILES string of the molecule is CCCOc1cccc(CO)c1CC. The van der Waals surface area contributed by atoms with Gasteiger partial charge in [-0.25, -0.2) is 0 Å². The molecule has 0 aliphatic carbocycles. The van der Waals surface area contributed by atoms with E-state index in [9.17, 15) is 0 Å². The van der Waals surface area contributed by atoms with Gasteiger partial charge in [0, 0.05) is 0 Å². The molecule has 2 heteroatoms. The van der Waals surface area contributed by atoms with Crippen molar-refractivity contribution in [1.82, 2.24) is 0 Å². The second-order valence-electron chi connectivity index (χ2n) is 3.25. The summed E-state index contributed by atoms with van der Waals surface area (Å²) in [5.41, 5.74) is 2.10. The number of aliphatic hydroxyl groups excluding tert-OH is 1. The second-order valence-corrected chi connectivity index (χ2v) is 3.25. The van der Waals surface area contributed by atoms with Crippen LogP contribution >= 0.6 is 0 Å². The van der Waals surface area contributed by atoms with Gasteiger partial charge in [-0.05, 0) is 30.0 Å². The minimum absolute atomic E-state index is 0.0898. The molecular weight excluding hydrogens is 176 g/mol. The molecule has 1 aromatic rings. The lowest BCUT2D eigenvalue weighted by atomic mass is 10.0. The van der Waals surface area contributed by atoms with E-state index >= 15 is 0 Å². The van der Waals surface area contributed by atoms with Crippen molar-refractivity contribution in [2.45, 2.75) is 33.3 Å². The summed E-state index contributed by atoms with van der Waals surface area (Å²) in [6.07, 6.45) is 1.91. The molecule has 0 aliphatic rings. The van der Waals surface area contributed by atoms with Crippen molar-refractivity contribution in [1.29, 1.82) is 0 Å². The summed E-state index contributed by atoms with van der Waals surface area (Å²) < 4.78 is 5.61. The number of hydrogen-bond acceptors (Lipinski definition) is 2. The first-order valence-electron chi connectivity index (χ1n) is 5.17. The molecule has 0 radical (unpaired) electrons. The molecule has 0 amide bonds. The summed E-state index contributed by atoms with van der Waals surface area (Å²) in [6.45, 7) is 4.99. The van der Waals surface area contributed by atoms with E-state index in [1.807, 2.05) is 18.2 Å². The zero-order valence-electron chi connectivity index (χ0n) is 8.92. The van der Waals surface area contributed by atoms with Crippen LogP contribution in [0.1, 0.15) is 31.4 Å². The van der Waals surface area contributed by atoms with Gasteiger partial charge >= 0.3 is 0 Å². The lowest BCUT2D eigenvalue weighted by Gasteiger charge is -2.12. The lowest BCUT2D eigenvalue weighted by molar-refractivity contribution is 0.277. The smallest absolute Gasteiger partial charge is 0.122 e. The Balaban J connectivity index is 2.90. The predicted octanol–water partition coefficient (Wildman–Crippen LogP) is 2.53. The van der Waals surface area contributed by atoms with Gasteiger partial charge in [-0.15, -0.1) is 0 Å². The van der Waals surface area contributed by atoms with Crippen LogP contribution in [0.5, 0.6) is 5.75 Å². The minimum atomic E-state index is 0.0898. The average molecular weight is 194 g/mol. The third-order valence-electron chi connectivity index (χ3n) is 2.22. The summed E-state index contributed by atoms with van der Waals surface area (Å²) in [7, 11) is 0. The van der Waals surface area contributed by atoms with Crippen LogP contribution in [-0.4, -0.2) is 11.7 Å². The Morgan fingerprint density at radius 2 is 2.07 bits per heavy atom. The highest BCUT2D eigenvalue weighted by Crippen LogP contribution is 2.23. The number of hydrogen-bond donors (Lipinski definition) is 1.